The van der Waals surface area contributed by atoms with Gasteiger partial charge in [0.15, 0.2) is 11.6 Å². The van der Waals surface area contributed by atoms with E-state index >= 15 is 0 Å². The smallest absolute Gasteiger partial charge is 0.227 e. The number of phenolic OH excluding ortho intramolecular Hbond substituents is 1. The second-order valence-corrected chi connectivity index (χ2v) is 7.46. The highest BCUT2D eigenvalue weighted by molar-refractivity contribution is 5.96. The molecule has 1 fully saturated rings. The van der Waals surface area contributed by atoms with Gasteiger partial charge in [0.25, 0.3) is 0 Å². The van der Waals surface area contributed by atoms with Gasteiger partial charge in [-0.05, 0) is 30.7 Å². The van der Waals surface area contributed by atoms with Crippen LogP contribution in [-0.4, -0.2) is 37.3 Å². The number of hydrogen-bond donors (Lipinski definition) is 1. The summed E-state index contributed by atoms with van der Waals surface area (Å²) in [4.78, 5) is 23.7. The Labute approximate surface area is 163 Å². The van der Waals surface area contributed by atoms with Crippen molar-refractivity contribution >= 4 is 11.6 Å². The van der Waals surface area contributed by atoms with Gasteiger partial charge < -0.3 is 10.0 Å². The first-order valence-corrected chi connectivity index (χ1v) is 9.42. The molecule has 1 aliphatic rings. The maximum Gasteiger partial charge on any atom is 0.227 e. The highest BCUT2D eigenvalue weighted by Crippen LogP contribution is 2.33. The predicted molar refractivity (Wildman–Crippen MR) is 106 cm³/mol. The minimum absolute atomic E-state index is 0.00832. The fraction of sp³-hybridized carbons (Fsp3) is 0.333. The number of hydrogen-bond acceptors (Lipinski definition) is 5. The largest absolute Gasteiger partial charge is 0.508 e. The fourth-order valence-corrected chi connectivity index (χ4v) is 3.50. The van der Waals surface area contributed by atoms with Crippen molar-refractivity contribution in [2.75, 3.05) is 11.4 Å². The molecule has 2 aromatic heterocycles. The molecule has 3 heterocycles. The van der Waals surface area contributed by atoms with Crippen LogP contribution < -0.4 is 4.90 Å². The monoisotopic (exact) mass is 377 g/mol. The van der Waals surface area contributed by atoms with Gasteiger partial charge in [-0.15, -0.1) is 5.10 Å². The molecule has 7 nitrogen and oxygen atoms in total. The lowest BCUT2D eigenvalue weighted by molar-refractivity contribution is -0.117. The lowest BCUT2D eigenvalue weighted by Crippen LogP contribution is -2.24. The minimum Gasteiger partial charge on any atom is -0.508 e. The molecule has 1 aliphatic heterocycles. The molecule has 0 aliphatic carbocycles. The third kappa shape index (κ3) is 3.24. The van der Waals surface area contributed by atoms with Gasteiger partial charge in [-0.1, -0.05) is 26.0 Å². The van der Waals surface area contributed by atoms with E-state index < -0.39 is 0 Å². The van der Waals surface area contributed by atoms with E-state index in [1.165, 1.54) is 0 Å². The average molecular weight is 377 g/mol. The quantitative estimate of drug-likeness (QED) is 0.754. The van der Waals surface area contributed by atoms with Crippen LogP contribution in [0.3, 0.4) is 0 Å². The van der Waals surface area contributed by atoms with Crippen molar-refractivity contribution < 1.29 is 9.90 Å². The van der Waals surface area contributed by atoms with Crippen LogP contribution in [0.15, 0.2) is 42.6 Å². The van der Waals surface area contributed by atoms with Crippen LogP contribution in [0.5, 0.6) is 5.75 Å². The van der Waals surface area contributed by atoms with E-state index in [9.17, 15) is 9.90 Å². The van der Waals surface area contributed by atoms with Crippen molar-refractivity contribution in [1.82, 2.24) is 19.7 Å². The third-order valence-corrected chi connectivity index (χ3v) is 4.98. The van der Waals surface area contributed by atoms with Crippen molar-refractivity contribution in [3.8, 4) is 11.6 Å². The lowest BCUT2D eigenvalue weighted by Gasteiger charge is -2.17. The number of phenols is 1. The molecule has 0 radical (unpaired) electrons. The number of nitrogens with zero attached hydrogens (tertiary/aromatic N) is 5. The molecule has 4 rings (SSSR count). The molecule has 1 aromatic carbocycles. The van der Waals surface area contributed by atoms with Crippen LogP contribution in [0.1, 0.15) is 49.3 Å². The standard InChI is InChI=1S/C21H23N5O2/c1-13(2)19-23-21(26(24-19)20-14(3)6-5-9-22-20)15-10-18(28)25(12-15)16-7-4-8-17(27)11-16/h4-9,11,13,15,27H,10,12H2,1-3H3. The number of anilines is 1. The molecule has 0 saturated carbocycles. The number of rotatable bonds is 4. The van der Waals surface area contributed by atoms with Crippen LogP contribution in [-0.2, 0) is 4.79 Å². The zero-order valence-electron chi connectivity index (χ0n) is 16.2. The molecule has 7 heteroatoms. The summed E-state index contributed by atoms with van der Waals surface area (Å²) in [6, 6.07) is 10.6. The van der Waals surface area contributed by atoms with Gasteiger partial charge in [0.2, 0.25) is 5.91 Å². The minimum atomic E-state index is -0.101. The Morgan fingerprint density at radius 2 is 2.04 bits per heavy atom. The lowest BCUT2D eigenvalue weighted by atomic mass is 10.1. The molecular formula is C21H23N5O2. The Morgan fingerprint density at radius 3 is 2.75 bits per heavy atom. The summed E-state index contributed by atoms with van der Waals surface area (Å²) >= 11 is 0. The Bertz CT molecular complexity index is 1030. The molecule has 144 valence electrons. The number of aryl methyl sites for hydroxylation is 1. The van der Waals surface area contributed by atoms with Gasteiger partial charge in [-0.25, -0.2) is 9.97 Å². The number of pyridine rings is 1. The van der Waals surface area contributed by atoms with Gasteiger partial charge in [0, 0.05) is 42.8 Å². The SMILES string of the molecule is Cc1cccnc1-n1nc(C(C)C)nc1C1CC(=O)N(c2cccc(O)c2)C1. The molecular weight excluding hydrogens is 354 g/mol. The van der Waals surface area contributed by atoms with Crippen LogP contribution in [0, 0.1) is 6.92 Å². The molecule has 1 amide bonds. The average Bonchev–Trinajstić information content (AvgIpc) is 3.26. The summed E-state index contributed by atoms with van der Waals surface area (Å²) in [7, 11) is 0. The van der Waals surface area contributed by atoms with Gasteiger partial charge in [-0.3, -0.25) is 4.79 Å². The first-order chi connectivity index (χ1) is 13.4. The first kappa shape index (κ1) is 18.2. The number of amides is 1. The zero-order chi connectivity index (χ0) is 19.8. The summed E-state index contributed by atoms with van der Waals surface area (Å²) < 4.78 is 1.79. The van der Waals surface area contributed by atoms with E-state index in [1.807, 2.05) is 39.0 Å². The van der Waals surface area contributed by atoms with E-state index in [4.69, 9.17) is 10.1 Å². The number of carbonyl (C=O) groups excluding carboxylic acids is 1. The highest BCUT2D eigenvalue weighted by Gasteiger charge is 2.36. The molecule has 1 unspecified atom stereocenters. The van der Waals surface area contributed by atoms with E-state index in [2.05, 4.69) is 4.98 Å². The van der Waals surface area contributed by atoms with Crippen LogP contribution in [0.25, 0.3) is 5.82 Å². The molecule has 28 heavy (non-hydrogen) atoms. The van der Waals surface area contributed by atoms with Gasteiger partial charge in [0.05, 0.1) is 0 Å². The summed E-state index contributed by atoms with van der Waals surface area (Å²) in [5.41, 5.74) is 1.69. The summed E-state index contributed by atoms with van der Waals surface area (Å²) in [6.07, 6.45) is 2.08. The molecule has 0 spiro atoms. The van der Waals surface area contributed by atoms with E-state index in [-0.39, 0.29) is 23.5 Å². The van der Waals surface area contributed by atoms with E-state index in [0.717, 1.165) is 23.0 Å². The Hall–Kier alpha value is -3.22. The van der Waals surface area contributed by atoms with Crippen molar-refractivity contribution in [2.24, 2.45) is 0 Å². The van der Waals surface area contributed by atoms with E-state index in [0.29, 0.717) is 18.7 Å². The van der Waals surface area contributed by atoms with E-state index in [1.54, 1.807) is 34.0 Å². The van der Waals surface area contributed by atoms with Crippen molar-refractivity contribution in [3.63, 3.8) is 0 Å². The Kier molecular flexibility index (Phi) is 4.58. The zero-order valence-corrected chi connectivity index (χ0v) is 16.2. The first-order valence-electron chi connectivity index (χ1n) is 9.42. The highest BCUT2D eigenvalue weighted by atomic mass is 16.3. The summed E-state index contributed by atoms with van der Waals surface area (Å²) in [5.74, 6) is 2.45. The fourth-order valence-electron chi connectivity index (χ4n) is 3.50. The number of carbonyl (C=O) groups is 1. The van der Waals surface area contributed by atoms with Gasteiger partial charge >= 0.3 is 0 Å². The Morgan fingerprint density at radius 1 is 1.21 bits per heavy atom. The maximum absolute atomic E-state index is 12.7. The van der Waals surface area contributed by atoms with Crippen molar-refractivity contribution in [2.45, 2.75) is 39.0 Å². The normalized spacial score (nSPS) is 16.9. The maximum atomic E-state index is 12.7. The number of aromatic nitrogens is 4. The van der Waals surface area contributed by atoms with Crippen molar-refractivity contribution in [3.05, 3.63) is 59.8 Å². The van der Waals surface area contributed by atoms with Crippen LogP contribution >= 0.6 is 0 Å². The molecule has 3 aromatic rings. The second-order valence-electron chi connectivity index (χ2n) is 7.46. The van der Waals surface area contributed by atoms with Crippen LogP contribution in [0.2, 0.25) is 0 Å². The van der Waals surface area contributed by atoms with Gasteiger partial charge in [0.1, 0.15) is 11.6 Å². The molecule has 1 N–H and O–H groups in total. The Balaban J connectivity index is 1.73. The van der Waals surface area contributed by atoms with Crippen LogP contribution in [0.4, 0.5) is 5.69 Å². The summed E-state index contributed by atoms with van der Waals surface area (Å²) in [5, 5.41) is 14.5. The second kappa shape index (κ2) is 7.07. The third-order valence-electron chi connectivity index (χ3n) is 4.98. The van der Waals surface area contributed by atoms with Crippen molar-refractivity contribution in [1.29, 1.82) is 0 Å². The summed E-state index contributed by atoms with van der Waals surface area (Å²) in [6.45, 7) is 6.58. The predicted octanol–water partition coefficient (Wildman–Crippen LogP) is 3.32. The molecule has 1 atom stereocenters. The number of benzene rings is 1. The molecule has 1 saturated heterocycles. The molecule has 0 bridgehead atoms. The number of aromatic hydroxyl groups is 1. The topological polar surface area (TPSA) is 84.1 Å². The van der Waals surface area contributed by atoms with Gasteiger partial charge in [-0.2, -0.15) is 4.68 Å².